The van der Waals surface area contributed by atoms with Crippen LogP contribution < -0.4 is 14.2 Å². The highest BCUT2D eigenvalue weighted by Gasteiger charge is 2.15. The van der Waals surface area contributed by atoms with Crippen molar-refractivity contribution in [2.24, 2.45) is 0 Å². The molecule has 0 aliphatic heterocycles. The van der Waals surface area contributed by atoms with Gasteiger partial charge in [0.1, 0.15) is 23.0 Å². The second-order valence-corrected chi connectivity index (χ2v) is 8.02. The van der Waals surface area contributed by atoms with Crippen LogP contribution in [0.5, 0.6) is 23.0 Å². The van der Waals surface area contributed by atoms with E-state index in [1.165, 1.54) is 24.3 Å². The van der Waals surface area contributed by atoms with Crippen LogP contribution in [0.2, 0.25) is 0 Å². The summed E-state index contributed by atoms with van der Waals surface area (Å²) in [6.45, 7) is 3.78. The molecule has 0 saturated heterocycles. The number of aromatic hydroxyl groups is 1. The maximum absolute atomic E-state index is 12.6. The molecule has 0 unspecified atom stereocenters. The van der Waals surface area contributed by atoms with Crippen LogP contribution in [-0.4, -0.2) is 24.2 Å². The van der Waals surface area contributed by atoms with Crippen LogP contribution in [0.1, 0.15) is 31.8 Å². The van der Waals surface area contributed by atoms with Crippen molar-refractivity contribution in [1.82, 2.24) is 0 Å². The van der Waals surface area contributed by atoms with Crippen LogP contribution in [0.3, 0.4) is 0 Å². The normalized spacial score (nSPS) is 10.5. The van der Waals surface area contributed by atoms with Gasteiger partial charge in [0.05, 0.1) is 18.2 Å². The van der Waals surface area contributed by atoms with Crippen LogP contribution in [0.15, 0.2) is 84.9 Å². The first-order valence-electron chi connectivity index (χ1n) is 10.9. The van der Waals surface area contributed by atoms with E-state index < -0.39 is 11.9 Å². The van der Waals surface area contributed by atoms with Crippen molar-refractivity contribution in [2.45, 2.75) is 13.8 Å². The lowest BCUT2D eigenvalue weighted by atomic mass is 9.99. The average Bonchev–Trinajstić information content (AvgIpc) is 2.87. The molecule has 0 spiro atoms. The van der Waals surface area contributed by atoms with E-state index in [0.29, 0.717) is 28.4 Å². The largest absolute Gasteiger partial charge is 0.508 e. The molecule has 1 N–H and O–H groups in total. The molecule has 0 fully saturated rings. The summed E-state index contributed by atoms with van der Waals surface area (Å²) in [5, 5.41) is 9.36. The minimum absolute atomic E-state index is 0.0815. The lowest BCUT2D eigenvalue weighted by Crippen LogP contribution is -2.10. The van der Waals surface area contributed by atoms with Crippen molar-refractivity contribution in [2.75, 3.05) is 7.11 Å². The number of carbonyl (C=O) groups excluding carboxylic acids is 2. The fourth-order valence-electron chi connectivity index (χ4n) is 3.64. The second-order valence-electron chi connectivity index (χ2n) is 8.02. The molecule has 176 valence electrons. The molecular weight excluding hydrogens is 444 g/mol. The van der Waals surface area contributed by atoms with Crippen molar-refractivity contribution in [3.8, 4) is 34.1 Å². The fraction of sp³-hybridized carbons (Fsp3) is 0.103. The quantitative estimate of drug-likeness (QED) is 0.271. The number of hydrogen-bond donors (Lipinski definition) is 1. The van der Waals surface area contributed by atoms with Gasteiger partial charge in [0.25, 0.3) is 0 Å². The third-order valence-electron chi connectivity index (χ3n) is 5.48. The van der Waals surface area contributed by atoms with Crippen molar-refractivity contribution in [3.63, 3.8) is 0 Å². The Balaban J connectivity index is 1.47. The SMILES string of the molecule is COc1ccc(C(=O)Oc2c(C)cc(-c3ccc(OC(=O)c4ccc(O)cc4)cc3)cc2C)cc1. The van der Waals surface area contributed by atoms with Crippen molar-refractivity contribution >= 4 is 11.9 Å². The van der Waals surface area contributed by atoms with Gasteiger partial charge in [-0.1, -0.05) is 12.1 Å². The maximum atomic E-state index is 12.6. The molecule has 0 aliphatic rings. The van der Waals surface area contributed by atoms with Crippen LogP contribution >= 0.6 is 0 Å². The van der Waals surface area contributed by atoms with E-state index >= 15 is 0 Å². The van der Waals surface area contributed by atoms with Gasteiger partial charge in [-0.25, -0.2) is 9.59 Å². The molecule has 6 heteroatoms. The third kappa shape index (κ3) is 5.50. The van der Waals surface area contributed by atoms with Crippen LogP contribution in [0.25, 0.3) is 11.1 Å². The zero-order chi connectivity index (χ0) is 24.9. The van der Waals surface area contributed by atoms with Gasteiger partial charge in [-0.2, -0.15) is 0 Å². The van der Waals surface area contributed by atoms with E-state index in [-0.39, 0.29) is 5.75 Å². The Morgan fingerprint density at radius 1 is 0.629 bits per heavy atom. The number of methoxy groups -OCH3 is 1. The van der Waals surface area contributed by atoms with E-state index in [0.717, 1.165) is 22.3 Å². The summed E-state index contributed by atoms with van der Waals surface area (Å²) in [7, 11) is 1.57. The number of esters is 2. The van der Waals surface area contributed by atoms with Crippen LogP contribution in [0.4, 0.5) is 0 Å². The average molecular weight is 469 g/mol. The van der Waals surface area contributed by atoms with Gasteiger partial charge in [-0.3, -0.25) is 0 Å². The van der Waals surface area contributed by atoms with Crippen molar-refractivity contribution in [1.29, 1.82) is 0 Å². The molecule has 0 aliphatic carbocycles. The zero-order valence-corrected chi connectivity index (χ0v) is 19.6. The summed E-state index contributed by atoms with van der Waals surface area (Å²) < 4.78 is 16.2. The van der Waals surface area contributed by atoms with Crippen LogP contribution in [0, 0.1) is 13.8 Å². The minimum Gasteiger partial charge on any atom is -0.508 e. The molecule has 4 rings (SSSR count). The summed E-state index contributed by atoms with van der Waals surface area (Å²) in [4.78, 5) is 24.9. The van der Waals surface area contributed by atoms with E-state index in [1.54, 1.807) is 43.5 Å². The number of phenolic OH excluding ortho intramolecular Hbond substituents is 1. The molecule has 35 heavy (non-hydrogen) atoms. The van der Waals surface area contributed by atoms with Gasteiger partial charge in [-0.15, -0.1) is 0 Å². The minimum atomic E-state index is -0.507. The Morgan fingerprint density at radius 2 is 1.11 bits per heavy atom. The van der Waals surface area contributed by atoms with E-state index in [1.807, 2.05) is 38.1 Å². The monoisotopic (exact) mass is 468 g/mol. The number of carbonyl (C=O) groups is 2. The van der Waals surface area contributed by atoms with Crippen molar-refractivity contribution in [3.05, 3.63) is 107 Å². The number of ether oxygens (including phenoxy) is 3. The summed E-state index contributed by atoms with van der Waals surface area (Å²) in [6.07, 6.45) is 0. The van der Waals surface area contributed by atoms with Crippen molar-refractivity contribution < 1.29 is 28.9 Å². The molecule has 0 radical (unpaired) electrons. The first-order valence-corrected chi connectivity index (χ1v) is 10.9. The summed E-state index contributed by atoms with van der Waals surface area (Å²) in [5.74, 6) is 0.732. The highest BCUT2D eigenvalue weighted by Crippen LogP contribution is 2.32. The van der Waals surface area contributed by atoms with Gasteiger partial charge in [-0.05, 0) is 109 Å². The number of hydrogen-bond acceptors (Lipinski definition) is 6. The summed E-state index contributed by atoms with van der Waals surface area (Å²) in [5.41, 5.74) is 4.30. The smallest absolute Gasteiger partial charge is 0.343 e. The Morgan fingerprint density at radius 3 is 1.66 bits per heavy atom. The Hall–Kier alpha value is -4.58. The van der Waals surface area contributed by atoms with E-state index in [9.17, 15) is 14.7 Å². The van der Waals surface area contributed by atoms with Crippen LogP contribution in [-0.2, 0) is 0 Å². The molecule has 4 aromatic rings. The summed E-state index contributed by atoms with van der Waals surface area (Å²) in [6, 6.07) is 23.7. The molecule has 0 atom stereocenters. The lowest BCUT2D eigenvalue weighted by Gasteiger charge is -2.14. The first-order chi connectivity index (χ1) is 16.8. The second kappa shape index (κ2) is 10.1. The predicted molar refractivity (Wildman–Crippen MR) is 132 cm³/mol. The molecule has 0 heterocycles. The molecule has 0 bridgehead atoms. The lowest BCUT2D eigenvalue weighted by molar-refractivity contribution is 0.0724. The highest BCUT2D eigenvalue weighted by atomic mass is 16.5. The highest BCUT2D eigenvalue weighted by molar-refractivity contribution is 5.92. The van der Waals surface area contributed by atoms with Gasteiger partial charge in [0.2, 0.25) is 0 Å². The van der Waals surface area contributed by atoms with Gasteiger partial charge < -0.3 is 19.3 Å². The zero-order valence-electron chi connectivity index (χ0n) is 19.6. The molecule has 6 nitrogen and oxygen atoms in total. The molecule has 0 amide bonds. The molecule has 4 aromatic carbocycles. The standard InChI is InChI=1S/C29H24O6/c1-18-16-23(17-19(2)27(18)35-29(32)22-8-12-25(33-3)13-9-22)20-6-14-26(15-7-20)34-28(31)21-4-10-24(30)11-5-21/h4-17,30H,1-3H3. The number of benzene rings is 4. The number of rotatable bonds is 6. The molecule has 0 aromatic heterocycles. The van der Waals surface area contributed by atoms with Gasteiger partial charge >= 0.3 is 11.9 Å². The number of phenols is 1. The maximum Gasteiger partial charge on any atom is 0.343 e. The Bertz CT molecular complexity index is 1330. The fourth-order valence-corrected chi connectivity index (χ4v) is 3.64. The molecule has 0 saturated carbocycles. The first kappa shape index (κ1) is 23.6. The number of aryl methyl sites for hydroxylation is 2. The predicted octanol–water partition coefficient (Wildman–Crippen LogP) is 6.12. The summed E-state index contributed by atoms with van der Waals surface area (Å²) >= 11 is 0. The topological polar surface area (TPSA) is 82.1 Å². The Kier molecular flexibility index (Phi) is 6.83. The van der Waals surface area contributed by atoms with Gasteiger partial charge in [0.15, 0.2) is 0 Å². The van der Waals surface area contributed by atoms with E-state index in [4.69, 9.17) is 14.2 Å². The Labute approximate surface area is 203 Å². The van der Waals surface area contributed by atoms with E-state index in [2.05, 4.69) is 0 Å². The third-order valence-corrected chi connectivity index (χ3v) is 5.48. The van der Waals surface area contributed by atoms with Gasteiger partial charge in [0, 0.05) is 0 Å². The molecular formula is C29H24O6.